The van der Waals surface area contributed by atoms with Crippen LogP contribution in [0.25, 0.3) is 6.08 Å². The van der Waals surface area contributed by atoms with E-state index in [1.165, 1.54) is 5.01 Å². The Kier molecular flexibility index (Phi) is 5.99. The van der Waals surface area contributed by atoms with E-state index < -0.39 is 17.8 Å². The van der Waals surface area contributed by atoms with E-state index in [4.69, 9.17) is 9.47 Å². The number of rotatable bonds is 5. The van der Waals surface area contributed by atoms with Gasteiger partial charge in [-0.15, -0.1) is 0 Å². The highest BCUT2D eigenvalue weighted by Crippen LogP contribution is 2.23. The maximum atomic E-state index is 12.8. The van der Waals surface area contributed by atoms with Gasteiger partial charge in [0.05, 0.1) is 31.1 Å². The molecule has 0 atom stereocenters. The Morgan fingerprint density at radius 2 is 1.68 bits per heavy atom. The van der Waals surface area contributed by atoms with Crippen molar-refractivity contribution in [2.75, 3.05) is 42.8 Å². The molecule has 0 unspecified atom stereocenters. The first-order valence-electron chi connectivity index (χ1n) is 10.1. The largest absolute Gasteiger partial charge is 0.462 e. The van der Waals surface area contributed by atoms with Crippen LogP contribution in [-0.4, -0.2) is 50.7 Å². The van der Waals surface area contributed by atoms with E-state index in [1.807, 2.05) is 24.3 Å². The van der Waals surface area contributed by atoms with Gasteiger partial charge in [-0.3, -0.25) is 15.0 Å². The first-order chi connectivity index (χ1) is 15.1. The number of hydrogen-bond acceptors (Lipinski definition) is 6. The highest BCUT2D eigenvalue weighted by molar-refractivity contribution is 6.31. The summed E-state index contributed by atoms with van der Waals surface area (Å²) in [5.41, 5.74) is 5.28. The van der Waals surface area contributed by atoms with Gasteiger partial charge in [-0.25, -0.2) is 9.80 Å². The molecule has 2 aliphatic heterocycles. The van der Waals surface area contributed by atoms with Crippen LogP contribution in [0.5, 0.6) is 0 Å². The molecule has 2 aromatic rings. The van der Waals surface area contributed by atoms with E-state index in [-0.39, 0.29) is 12.2 Å². The van der Waals surface area contributed by atoms with Gasteiger partial charge in [0.15, 0.2) is 0 Å². The Morgan fingerprint density at radius 1 is 1.03 bits per heavy atom. The molecule has 0 saturated carbocycles. The smallest absolute Gasteiger partial charge is 0.338 e. The fourth-order valence-corrected chi connectivity index (χ4v) is 3.47. The summed E-state index contributed by atoms with van der Waals surface area (Å²) in [6.07, 6.45) is 1.58. The predicted octanol–water partition coefficient (Wildman–Crippen LogP) is 2.16. The molecule has 8 nitrogen and oxygen atoms in total. The van der Waals surface area contributed by atoms with Gasteiger partial charge >= 0.3 is 5.97 Å². The van der Waals surface area contributed by atoms with Crippen LogP contribution in [0.3, 0.4) is 0 Å². The highest BCUT2D eigenvalue weighted by atomic mass is 16.5. The first-order valence-corrected chi connectivity index (χ1v) is 10.1. The SMILES string of the molecule is CCOC(=O)c1ccc(N2NC(=O)C(=Cc3ccc(N4CCOCC4)cc3)C2=O)cc1. The topological polar surface area (TPSA) is 88.2 Å². The molecule has 0 aromatic heterocycles. The lowest BCUT2D eigenvalue weighted by Gasteiger charge is -2.28. The van der Waals surface area contributed by atoms with Crippen molar-refractivity contribution in [3.63, 3.8) is 0 Å². The van der Waals surface area contributed by atoms with Gasteiger partial charge in [0, 0.05) is 18.8 Å². The van der Waals surface area contributed by atoms with Crippen LogP contribution < -0.4 is 15.3 Å². The van der Waals surface area contributed by atoms with Crippen molar-refractivity contribution >= 4 is 35.2 Å². The van der Waals surface area contributed by atoms with Gasteiger partial charge in [0.25, 0.3) is 11.8 Å². The van der Waals surface area contributed by atoms with E-state index in [9.17, 15) is 14.4 Å². The predicted molar refractivity (Wildman–Crippen MR) is 115 cm³/mol. The Balaban J connectivity index is 1.49. The molecule has 2 heterocycles. The monoisotopic (exact) mass is 421 g/mol. The van der Waals surface area contributed by atoms with Crippen LogP contribution in [-0.2, 0) is 19.1 Å². The van der Waals surface area contributed by atoms with E-state index in [0.717, 1.165) is 24.3 Å². The third-order valence-electron chi connectivity index (χ3n) is 5.11. The average Bonchev–Trinajstić information content (AvgIpc) is 3.09. The molecule has 8 heteroatoms. The van der Waals surface area contributed by atoms with Crippen molar-refractivity contribution in [3.05, 3.63) is 65.2 Å². The zero-order valence-electron chi connectivity index (χ0n) is 17.2. The highest BCUT2D eigenvalue weighted by Gasteiger charge is 2.34. The van der Waals surface area contributed by atoms with Crippen molar-refractivity contribution in [2.45, 2.75) is 6.92 Å². The number of nitrogens with one attached hydrogen (secondary N) is 1. The molecule has 0 spiro atoms. The maximum absolute atomic E-state index is 12.8. The van der Waals surface area contributed by atoms with Crippen LogP contribution in [0.2, 0.25) is 0 Å². The molecule has 160 valence electrons. The number of amides is 2. The second-order valence-electron chi connectivity index (χ2n) is 7.10. The summed E-state index contributed by atoms with van der Waals surface area (Å²) in [6, 6.07) is 14.0. The number of benzene rings is 2. The lowest BCUT2D eigenvalue weighted by atomic mass is 10.1. The number of hydrogen-bond donors (Lipinski definition) is 1. The second kappa shape index (κ2) is 9.01. The van der Waals surface area contributed by atoms with Crippen LogP contribution in [0.1, 0.15) is 22.8 Å². The lowest BCUT2D eigenvalue weighted by Crippen LogP contribution is -2.36. The lowest BCUT2D eigenvalue weighted by molar-refractivity contribution is -0.117. The first kappa shape index (κ1) is 20.6. The number of esters is 1. The molecule has 0 radical (unpaired) electrons. The molecule has 0 aliphatic carbocycles. The normalized spacial score (nSPS) is 17.8. The molecule has 31 heavy (non-hydrogen) atoms. The van der Waals surface area contributed by atoms with Crippen LogP contribution in [0, 0.1) is 0 Å². The fraction of sp³-hybridized carbons (Fsp3) is 0.261. The second-order valence-corrected chi connectivity index (χ2v) is 7.10. The molecule has 2 amide bonds. The third-order valence-corrected chi connectivity index (χ3v) is 5.11. The molecule has 2 fully saturated rings. The van der Waals surface area contributed by atoms with E-state index in [1.54, 1.807) is 37.3 Å². The number of hydrazine groups is 1. The fourth-order valence-electron chi connectivity index (χ4n) is 3.47. The summed E-state index contributed by atoms with van der Waals surface area (Å²) < 4.78 is 10.3. The van der Waals surface area contributed by atoms with E-state index in [2.05, 4.69) is 10.3 Å². The maximum Gasteiger partial charge on any atom is 0.338 e. The van der Waals surface area contributed by atoms with Gasteiger partial charge in [0.2, 0.25) is 0 Å². The number of morpholine rings is 1. The third kappa shape index (κ3) is 4.44. The van der Waals surface area contributed by atoms with Gasteiger partial charge in [-0.2, -0.15) is 0 Å². The van der Waals surface area contributed by atoms with Crippen molar-refractivity contribution in [1.29, 1.82) is 0 Å². The standard InChI is InChI=1S/C23H23N3O5/c1-2-31-23(29)17-5-9-19(10-6-17)26-22(28)20(21(27)24-26)15-16-3-7-18(8-4-16)25-11-13-30-14-12-25/h3-10,15H,2,11-14H2,1H3,(H,24,27). The minimum atomic E-state index is -0.475. The summed E-state index contributed by atoms with van der Waals surface area (Å²) in [5.74, 6) is -1.37. The molecule has 1 N–H and O–H groups in total. The number of carbonyl (C=O) groups excluding carboxylic acids is 3. The Morgan fingerprint density at radius 3 is 2.32 bits per heavy atom. The number of anilines is 2. The number of carbonyl (C=O) groups is 3. The van der Waals surface area contributed by atoms with Crippen molar-refractivity contribution < 1.29 is 23.9 Å². The molecular formula is C23H23N3O5. The minimum Gasteiger partial charge on any atom is -0.462 e. The quantitative estimate of drug-likeness (QED) is 0.452. The molecule has 2 saturated heterocycles. The van der Waals surface area contributed by atoms with Crippen molar-refractivity contribution in [3.8, 4) is 0 Å². The Labute approximate surface area is 180 Å². The summed E-state index contributed by atoms with van der Waals surface area (Å²) in [7, 11) is 0. The van der Waals surface area contributed by atoms with E-state index in [0.29, 0.717) is 24.5 Å². The Hall–Kier alpha value is -3.65. The molecule has 2 aromatic carbocycles. The van der Waals surface area contributed by atoms with Gasteiger partial charge in [-0.05, 0) is 55.0 Å². The molecule has 0 bridgehead atoms. The zero-order valence-corrected chi connectivity index (χ0v) is 17.2. The average molecular weight is 421 g/mol. The van der Waals surface area contributed by atoms with Gasteiger partial charge in [0.1, 0.15) is 5.57 Å². The zero-order chi connectivity index (χ0) is 21.8. The van der Waals surface area contributed by atoms with Crippen LogP contribution in [0.4, 0.5) is 11.4 Å². The summed E-state index contributed by atoms with van der Waals surface area (Å²) in [5, 5.41) is 1.17. The van der Waals surface area contributed by atoms with Crippen LogP contribution >= 0.6 is 0 Å². The number of nitrogens with zero attached hydrogens (tertiary/aromatic N) is 2. The van der Waals surface area contributed by atoms with E-state index >= 15 is 0 Å². The van der Waals surface area contributed by atoms with Crippen molar-refractivity contribution in [2.24, 2.45) is 0 Å². The molecule has 4 rings (SSSR count). The molecule has 2 aliphatic rings. The van der Waals surface area contributed by atoms with Gasteiger partial charge in [-0.1, -0.05) is 12.1 Å². The van der Waals surface area contributed by atoms with Crippen LogP contribution in [0.15, 0.2) is 54.1 Å². The minimum absolute atomic E-state index is 0.0496. The number of ether oxygens (including phenoxy) is 2. The summed E-state index contributed by atoms with van der Waals surface area (Å²) in [4.78, 5) is 39.2. The van der Waals surface area contributed by atoms with Crippen molar-refractivity contribution in [1.82, 2.24) is 5.43 Å². The Bertz CT molecular complexity index is 1010. The summed E-state index contributed by atoms with van der Waals surface area (Å²) >= 11 is 0. The summed E-state index contributed by atoms with van der Waals surface area (Å²) in [6.45, 7) is 5.10. The molecular weight excluding hydrogens is 398 g/mol. The van der Waals surface area contributed by atoms with Gasteiger partial charge < -0.3 is 14.4 Å².